The summed E-state index contributed by atoms with van der Waals surface area (Å²) in [6.45, 7) is 0.709. The number of hydrogen-bond acceptors (Lipinski definition) is 1. The molecule has 13 rings (SSSR count). The SMILES string of the molecule is C[n+]1c(-c2c(CN3C=CC=CC3c3cccn3C=C3c4ccc5ccccc5c4-c4cc(-c5ccccc5)c5ccccc5[n+]43)ccc3ccccc23)cc(-c2ccccc2)c2ccccc21. The number of rotatable bonds is 7. The van der Waals surface area contributed by atoms with Crippen LogP contribution in [0.4, 0.5) is 0 Å². The van der Waals surface area contributed by atoms with Crippen LogP contribution in [0.5, 0.6) is 0 Å². The fourth-order valence-electron chi connectivity index (χ4n) is 11.0. The van der Waals surface area contributed by atoms with Crippen LogP contribution >= 0.6 is 0 Å². The highest BCUT2D eigenvalue weighted by Gasteiger charge is 2.37. The van der Waals surface area contributed by atoms with E-state index in [0.29, 0.717) is 6.54 Å². The van der Waals surface area contributed by atoms with Crippen molar-refractivity contribution in [1.29, 1.82) is 0 Å². The van der Waals surface area contributed by atoms with Gasteiger partial charge in [0.05, 0.1) is 39.7 Å². The van der Waals surface area contributed by atoms with Crippen molar-refractivity contribution in [2.45, 2.75) is 12.6 Å². The van der Waals surface area contributed by atoms with Gasteiger partial charge in [0.1, 0.15) is 7.05 Å². The topological polar surface area (TPSA) is 15.9 Å². The first kappa shape index (κ1) is 38.8. The third-order valence-electron chi connectivity index (χ3n) is 14.1. The first-order valence-electron chi connectivity index (χ1n) is 23.2. The molecule has 5 heterocycles. The molecule has 1 unspecified atom stereocenters. The second kappa shape index (κ2) is 15.8. The molecule has 1 atom stereocenters. The Morgan fingerprint density at radius 3 is 1.79 bits per heavy atom. The van der Waals surface area contributed by atoms with E-state index in [9.17, 15) is 0 Å². The molecular formula is C63H46N4+2. The maximum atomic E-state index is 2.50. The molecule has 0 N–H and O–H groups in total. The monoisotopic (exact) mass is 858 g/mol. The normalized spacial score (nSPS) is 14.7. The fourth-order valence-corrected chi connectivity index (χ4v) is 11.0. The molecule has 2 aliphatic rings. The lowest BCUT2D eigenvalue weighted by Crippen LogP contribution is -2.33. The van der Waals surface area contributed by atoms with Gasteiger partial charge in [-0.3, -0.25) is 0 Å². The predicted molar refractivity (Wildman–Crippen MR) is 277 cm³/mol. The van der Waals surface area contributed by atoms with Crippen LogP contribution in [0.3, 0.4) is 0 Å². The summed E-state index contributed by atoms with van der Waals surface area (Å²) in [7, 11) is 2.22. The Morgan fingerprint density at radius 1 is 0.493 bits per heavy atom. The van der Waals surface area contributed by atoms with Gasteiger partial charge in [0.15, 0.2) is 0 Å². The van der Waals surface area contributed by atoms with Crippen molar-refractivity contribution in [3.05, 3.63) is 254 Å². The van der Waals surface area contributed by atoms with E-state index in [1.54, 1.807) is 0 Å². The average Bonchev–Trinajstić information content (AvgIpc) is 3.99. The number of pyridine rings is 2. The lowest BCUT2D eigenvalue weighted by atomic mass is 9.92. The second-order valence-corrected chi connectivity index (χ2v) is 17.8. The van der Waals surface area contributed by atoms with Crippen molar-refractivity contribution < 1.29 is 9.13 Å². The quantitative estimate of drug-likeness (QED) is 0.146. The van der Waals surface area contributed by atoms with E-state index in [4.69, 9.17) is 0 Å². The lowest BCUT2D eigenvalue weighted by molar-refractivity contribution is -0.633. The van der Waals surface area contributed by atoms with Crippen LogP contribution in [-0.4, -0.2) is 9.47 Å². The number of benzene rings is 8. The number of hydrogen-bond donors (Lipinski definition) is 0. The van der Waals surface area contributed by atoms with Crippen molar-refractivity contribution in [2.24, 2.45) is 7.05 Å². The third kappa shape index (κ3) is 6.36. The maximum absolute atomic E-state index is 2.50. The highest BCUT2D eigenvalue weighted by Crippen LogP contribution is 2.44. The molecule has 0 saturated heterocycles. The first-order valence-corrected chi connectivity index (χ1v) is 23.2. The third-order valence-corrected chi connectivity index (χ3v) is 14.1. The van der Waals surface area contributed by atoms with Gasteiger partial charge < -0.3 is 9.47 Å². The molecule has 4 nitrogen and oxygen atoms in total. The number of fused-ring (bicyclic) bond motifs is 9. The van der Waals surface area contributed by atoms with Gasteiger partial charge in [-0.25, -0.2) is 0 Å². The van der Waals surface area contributed by atoms with Crippen LogP contribution in [0, 0.1) is 0 Å². The first-order chi connectivity index (χ1) is 33.2. The summed E-state index contributed by atoms with van der Waals surface area (Å²) in [6, 6.07) is 75.5. The molecule has 316 valence electrons. The maximum Gasteiger partial charge on any atom is 0.236 e. The molecule has 0 spiro atoms. The van der Waals surface area contributed by atoms with Gasteiger partial charge in [0.25, 0.3) is 0 Å². The summed E-state index contributed by atoms with van der Waals surface area (Å²) < 4.78 is 7.23. The Balaban J connectivity index is 0.961. The summed E-state index contributed by atoms with van der Waals surface area (Å²) in [5.41, 5.74) is 17.0. The van der Waals surface area contributed by atoms with E-state index >= 15 is 0 Å². The number of aryl methyl sites for hydroxylation is 1. The number of nitrogens with zero attached hydrogens (tertiary/aromatic N) is 4. The second-order valence-electron chi connectivity index (χ2n) is 17.8. The summed E-state index contributed by atoms with van der Waals surface area (Å²) in [5.74, 6) is 0. The Hall–Kier alpha value is -8.60. The lowest BCUT2D eigenvalue weighted by Gasteiger charge is -2.31. The average molecular weight is 859 g/mol. The molecule has 0 saturated carbocycles. The highest BCUT2D eigenvalue weighted by molar-refractivity contribution is 6.07. The van der Waals surface area contributed by atoms with E-state index in [1.165, 1.54) is 105 Å². The minimum atomic E-state index is -0.0273. The van der Waals surface area contributed by atoms with E-state index in [-0.39, 0.29) is 6.04 Å². The number of aromatic nitrogens is 3. The zero-order valence-corrected chi connectivity index (χ0v) is 37.2. The summed E-state index contributed by atoms with van der Waals surface area (Å²) in [5, 5.41) is 7.43. The molecular weight excluding hydrogens is 813 g/mol. The largest absolute Gasteiger partial charge is 0.361 e. The van der Waals surface area contributed by atoms with Crippen LogP contribution in [0.1, 0.15) is 22.9 Å². The zero-order valence-electron chi connectivity index (χ0n) is 37.2. The number of para-hydroxylation sites is 2. The van der Waals surface area contributed by atoms with Crippen LogP contribution in [0.2, 0.25) is 0 Å². The van der Waals surface area contributed by atoms with Crippen LogP contribution in [0.15, 0.2) is 237 Å². The smallest absolute Gasteiger partial charge is 0.236 e. The van der Waals surface area contributed by atoms with Gasteiger partial charge in [-0.2, -0.15) is 9.13 Å². The van der Waals surface area contributed by atoms with Crippen molar-refractivity contribution in [1.82, 2.24) is 9.47 Å². The summed E-state index contributed by atoms with van der Waals surface area (Å²) in [4.78, 5) is 2.50. The van der Waals surface area contributed by atoms with Crippen molar-refractivity contribution in [2.75, 3.05) is 0 Å². The minimum Gasteiger partial charge on any atom is -0.361 e. The Morgan fingerprint density at radius 2 is 1.07 bits per heavy atom. The van der Waals surface area contributed by atoms with Crippen LogP contribution in [0.25, 0.3) is 100 Å². The molecule has 0 aliphatic carbocycles. The molecule has 8 aromatic carbocycles. The van der Waals surface area contributed by atoms with E-state index < -0.39 is 0 Å². The fraction of sp³-hybridized carbons (Fsp3) is 0.0476. The molecule has 0 radical (unpaired) electrons. The Bertz CT molecular complexity index is 3860. The molecule has 0 amide bonds. The summed E-state index contributed by atoms with van der Waals surface area (Å²) in [6.07, 6.45) is 13.6. The van der Waals surface area contributed by atoms with Crippen molar-refractivity contribution in [3.8, 4) is 44.8 Å². The van der Waals surface area contributed by atoms with Gasteiger partial charge in [0.2, 0.25) is 28.1 Å². The van der Waals surface area contributed by atoms with Crippen molar-refractivity contribution >= 4 is 55.2 Å². The predicted octanol–water partition coefficient (Wildman–Crippen LogP) is 14.3. The van der Waals surface area contributed by atoms with E-state index in [1.807, 2.05) is 0 Å². The van der Waals surface area contributed by atoms with Crippen LogP contribution in [-0.2, 0) is 13.6 Å². The highest BCUT2D eigenvalue weighted by atomic mass is 15.2. The summed E-state index contributed by atoms with van der Waals surface area (Å²) >= 11 is 0. The molecule has 0 bridgehead atoms. The molecule has 3 aromatic heterocycles. The standard InChI is InChI=1S/C63H46N4/c1-64-55-29-14-12-27-50(55)53(43-19-4-2-5-20-43)39-59(64)62-47(34-33-45-23-8-10-25-48(45)62)41-65-37-17-16-31-57(65)58-32-18-38-66(58)42-61-52-36-35-46-24-9-11-26-49(46)63(52)60-40-54(44-21-6-3-7-22-44)51-28-13-15-30-56(51)67(60)61/h2-40,42,57H,41H2,1H3/q+2. The van der Waals surface area contributed by atoms with Crippen LogP contribution < -0.4 is 9.13 Å². The Kier molecular flexibility index (Phi) is 9.17. The van der Waals surface area contributed by atoms with Gasteiger partial charge >= 0.3 is 0 Å². The van der Waals surface area contributed by atoms with E-state index in [2.05, 4.69) is 269 Å². The molecule has 4 heteroatoms. The molecule has 67 heavy (non-hydrogen) atoms. The van der Waals surface area contributed by atoms with Crippen molar-refractivity contribution in [3.63, 3.8) is 0 Å². The van der Waals surface area contributed by atoms with Gasteiger partial charge in [-0.15, -0.1) is 0 Å². The Labute approximate surface area is 390 Å². The molecule has 0 fully saturated rings. The molecule has 2 aliphatic heterocycles. The zero-order chi connectivity index (χ0) is 44.4. The minimum absolute atomic E-state index is 0.0273. The van der Waals surface area contributed by atoms with E-state index in [0.717, 1.165) is 5.70 Å². The van der Waals surface area contributed by atoms with Gasteiger partial charge in [-0.1, -0.05) is 164 Å². The van der Waals surface area contributed by atoms with Gasteiger partial charge in [-0.05, 0) is 74.6 Å². The number of allylic oxidation sites excluding steroid dienone is 2. The molecule has 11 aromatic rings. The van der Waals surface area contributed by atoms with Gasteiger partial charge in [0, 0.05) is 60.0 Å².